The number of ether oxygens (including phenoxy) is 6. The molecular weight excluding hydrogens is 1420 g/mol. The number of hydrogen-bond acceptors (Lipinski definition) is 18. The third-order valence-corrected chi connectivity index (χ3v) is 20.9. The normalized spacial score (nSPS) is 15.0. The van der Waals surface area contributed by atoms with E-state index in [2.05, 4.69) is 86.6 Å². The van der Waals surface area contributed by atoms with Gasteiger partial charge in [0.05, 0.1) is 71.3 Å². The Morgan fingerprint density at radius 2 is 0.764 bits per heavy atom. The highest BCUT2D eigenvalue weighted by Crippen LogP contribution is 2.45. The summed E-state index contributed by atoms with van der Waals surface area (Å²) in [6.07, 6.45) is 2.98. The van der Waals surface area contributed by atoms with Gasteiger partial charge in [0.25, 0.3) is 0 Å². The number of hydrogen-bond donors (Lipinski definition) is 2. The SMILES string of the molecule is COc1cc(-c2nccc(-c3cccc(-c4ccc(CN(C)CC5CN(C(=O)OC(C)(C)C)C5)c(OC)n4)c3Cl)c2Cl)ccc1CN(C)CC1CN(C(=O)OC(C)(C)C)C1.COc1cc(-c2nccc(-c3cccc(-c4ccc(CN(C)CC5CNC5)c(OC)n4)c3Cl)c2Cl)ccc1CN(C)CC1CNC1. The molecule has 8 heterocycles. The van der Waals surface area contributed by atoms with Crippen molar-refractivity contribution in [1.82, 2.24) is 60.0 Å². The zero-order valence-electron chi connectivity index (χ0n) is 63.4. The first-order chi connectivity index (χ1) is 50.7. The summed E-state index contributed by atoms with van der Waals surface area (Å²) < 4.78 is 34.2. The van der Waals surface area contributed by atoms with Gasteiger partial charge in [-0.25, -0.2) is 19.6 Å². The second kappa shape index (κ2) is 35.0. The molecule has 106 heavy (non-hydrogen) atoms. The lowest BCUT2D eigenvalue weighted by molar-refractivity contribution is -0.00627. The van der Waals surface area contributed by atoms with Crippen molar-refractivity contribution >= 4 is 58.6 Å². The Morgan fingerprint density at radius 1 is 0.434 bits per heavy atom. The number of halogens is 4. The van der Waals surface area contributed by atoms with Gasteiger partial charge in [-0.15, -0.1) is 0 Å². The number of aromatic nitrogens is 4. The maximum Gasteiger partial charge on any atom is 0.410 e. The molecule has 8 aromatic rings. The second-order valence-corrected chi connectivity index (χ2v) is 32.0. The van der Waals surface area contributed by atoms with Crippen LogP contribution in [0.3, 0.4) is 0 Å². The molecule has 0 aliphatic carbocycles. The van der Waals surface area contributed by atoms with Gasteiger partial charge in [-0.3, -0.25) is 9.97 Å². The van der Waals surface area contributed by atoms with Crippen LogP contribution in [0, 0.1) is 23.7 Å². The summed E-state index contributed by atoms with van der Waals surface area (Å²) in [7, 11) is 15.1. The summed E-state index contributed by atoms with van der Waals surface area (Å²) in [4.78, 5) is 56.5. The van der Waals surface area contributed by atoms with Crippen LogP contribution in [0.2, 0.25) is 20.1 Å². The molecular formula is C82H100Cl4N12O8. The van der Waals surface area contributed by atoms with Gasteiger partial charge in [-0.2, -0.15) is 0 Å². The number of amides is 2. The van der Waals surface area contributed by atoms with E-state index in [1.54, 1.807) is 50.6 Å². The predicted octanol–water partition coefficient (Wildman–Crippen LogP) is 15.5. The molecule has 2 N–H and O–H groups in total. The van der Waals surface area contributed by atoms with Gasteiger partial charge in [-0.1, -0.05) is 119 Å². The molecule has 12 rings (SSSR count). The van der Waals surface area contributed by atoms with Gasteiger partial charge in [0, 0.05) is 196 Å². The lowest BCUT2D eigenvalue weighted by Crippen LogP contribution is -2.54. The van der Waals surface area contributed by atoms with Crippen molar-refractivity contribution < 1.29 is 38.0 Å². The van der Waals surface area contributed by atoms with Crippen LogP contribution < -0.4 is 29.6 Å². The van der Waals surface area contributed by atoms with E-state index >= 15 is 0 Å². The fraction of sp³-hybridized carbons (Fsp3) is 0.439. The molecule has 4 fully saturated rings. The summed E-state index contributed by atoms with van der Waals surface area (Å²) in [6.45, 7) is 24.9. The van der Waals surface area contributed by atoms with E-state index in [0.717, 1.165) is 149 Å². The van der Waals surface area contributed by atoms with Crippen molar-refractivity contribution in [2.75, 3.05) is 135 Å². The summed E-state index contributed by atoms with van der Waals surface area (Å²) in [6, 6.07) is 35.8. The Kier molecular flexibility index (Phi) is 26.2. The highest BCUT2D eigenvalue weighted by molar-refractivity contribution is 6.40. The molecule has 0 saturated carbocycles. The van der Waals surface area contributed by atoms with Crippen molar-refractivity contribution in [2.45, 2.75) is 78.9 Å². The maximum absolute atomic E-state index is 12.4. The Balaban J connectivity index is 0.000000219. The predicted molar refractivity (Wildman–Crippen MR) is 424 cm³/mol. The minimum Gasteiger partial charge on any atom is -0.496 e. The monoisotopic (exact) mass is 1520 g/mol. The van der Waals surface area contributed by atoms with Gasteiger partial charge in [0.2, 0.25) is 11.8 Å². The van der Waals surface area contributed by atoms with E-state index in [4.69, 9.17) is 84.8 Å². The molecule has 20 nitrogen and oxygen atoms in total. The lowest BCUT2D eigenvalue weighted by atomic mass is 9.98. The topological polar surface area (TPSA) is 185 Å². The molecule has 0 atom stereocenters. The van der Waals surface area contributed by atoms with Crippen LogP contribution >= 0.6 is 46.4 Å². The number of carbonyl (C=O) groups is 2. The average molecular weight is 1520 g/mol. The van der Waals surface area contributed by atoms with Gasteiger partial charge in [-0.05, 0) is 118 Å². The fourth-order valence-electron chi connectivity index (χ4n) is 13.9. The molecule has 24 heteroatoms. The summed E-state index contributed by atoms with van der Waals surface area (Å²) in [5.74, 6) is 4.80. The molecule has 4 aromatic carbocycles. The van der Waals surface area contributed by atoms with Gasteiger partial charge in [0.15, 0.2) is 0 Å². The number of methoxy groups -OCH3 is 4. The number of carbonyl (C=O) groups excluding carboxylic acids is 2. The number of rotatable bonds is 26. The molecule has 4 aliphatic heterocycles. The minimum absolute atomic E-state index is 0.259. The van der Waals surface area contributed by atoms with Crippen LogP contribution in [0.5, 0.6) is 23.3 Å². The van der Waals surface area contributed by atoms with Gasteiger partial charge < -0.3 is 68.5 Å². The van der Waals surface area contributed by atoms with E-state index in [-0.39, 0.29) is 12.2 Å². The first kappa shape index (κ1) is 79.2. The average Bonchev–Trinajstić information content (AvgIpc) is 0.778. The second-order valence-electron chi connectivity index (χ2n) is 30.5. The highest BCUT2D eigenvalue weighted by Gasteiger charge is 2.36. The Bertz CT molecular complexity index is 4130. The van der Waals surface area contributed by atoms with Gasteiger partial charge in [0.1, 0.15) is 22.7 Å². The molecule has 4 aromatic heterocycles. The van der Waals surface area contributed by atoms with Crippen molar-refractivity contribution in [3.8, 4) is 90.5 Å². The molecule has 564 valence electrons. The Hall–Kier alpha value is -7.86. The number of likely N-dealkylation sites (tertiary alicyclic amines) is 2. The van der Waals surface area contributed by atoms with Crippen molar-refractivity contribution in [1.29, 1.82) is 0 Å². The van der Waals surface area contributed by atoms with E-state index in [0.29, 0.717) is 112 Å². The number of nitrogens with one attached hydrogen (secondary N) is 2. The molecule has 4 aliphatic rings. The summed E-state index contributed by atoms with van der Waals surface area (Å²) >= 11 is 28.5. The van der Waals surface area contributed by atoms with E-state index < -0.39 is 11.2 Å². The van der Waals surface area contributed by atoms with Gasteiger partial charge >= 0.3 is 12.2 Å². The summed E-state index contributed by atoms with van der Waals surface area (Å²) in [5, 5.41) is 8.75. The quantitative estimate of drug-likeness (QED) is 0.0521. The molecule has 4 saturated heterocycles. The standard InChI is InChI=1S/C46H58Cl2N6O6.C36H42Cl2N6O2/c1-45(2,3)59-43(55)53-23-29(24-53)21-51(7)27-32-15-14-31(20-38(32)57-9)41-40(48)35(18-19-49-41)34-12-11-13-36(39(34)47)37-17-16-33(42(50-37)58-10)28-52(8)22-30-25-54(26-30)44(56)60-46(4,5)6;1-43(19-23-15-39-16-23)21-26-9-8-25(14-32(26)45-3)35-34(38)29(12-13-41-35)28-6-5-7-30(33(28)37)31-11-10-27(36(42-31)46-4)22-44(2)20-24-17-40-18-24/h11-20,29-30H,21-28H2,1-10H3;5-14,23-24,39-40H,15-22H2,1-4H3. The molecule has 0 spiro atoms. The zero-order valence-corrected chi connectivity index (χ0v) is 66.4. The Labute approximate surface area is 644 Å². The van der Waals surface area contributed by atoms with Crippen LogP contribution in [0.4, 0.5) is 9.59 Å². The van der Waals surface area contributed by atoms with Crippen molar-refractivity contribution in [3.63, 3.8) is 0 Å². The molecule has 0 bridgehead atoms. The van der Waals surface area contributed by atoms with Crippen molar-refractivity contribution in [3.05, 3.63) is 164 Å². The third-order valence-electron chi connectivity index (χ3n) is 19.3. The zero-order chi connectivity index (χ0) is 75.7. The molecule has 0 unspecified atom stereocenters. The largest absolute Gasteiger partial charge is 0.496 e. The summed E-state index contributed by atoms with van der Waals surface area (Å²) in [5.41, 5.74) is 12.2. The van der Waals surface area contributed by atoms with Crippen LogP contribution in [0.1, 0.15) is 63.8 Å². The van der Waals surface area contributed by atoms with Crippen molar-refractivity contribution in [2.24, 2.45) is 23.7 Å². The van der Waals surface area contributed by atoms with E-state index in [9.17, 15) is 9.59 Å². The minimum atomic E-state index is -0.508. The lowest BCUT2D eigenvalue weighted by Gasteiger charge is -2.41. The first-order valence-corrected chi connectivity index (χ1v) is 37.6. The van der Waals surface area contributed by atoms with E-state index in [1.165, 1.54) is 0 Å². The highest BCUT2D eigenvalue weighted by atomic mass is 35.5. The van der Waals surface area contributed by atoms with E-state index in [1.807, 2.05) is 133 Å². The Morgan fingerprint density at radius 3 is 1.09 bits per heavy atom. The van der Waals surface area contributed by atoms with Crippen LogP contribution in [0.25, 0.3) is 67.3 Å². The molecule has 2 amide bonds. The number of benzene rings is 4. The fourth-order valence-corrected chi connectivity index (χ4v) is 15.2. The van der Waals surface area contributed by atoms with Crippen LogP contribution in [-0.2, 0) is 35.7 Å². The molecule has 0 radical (unpaired) electrons. The third kappa shape index (κ3) is 19.7. The number of nitrogens with zero attached hydrogens (tertiary/aromatic N) is 10. The number of pyridine rings is 4. The van der Waals surface area contributed by atoms with Crippen LogP contribution in [-0.4, -0.2) is 208 Å². The van der Waals surface area contributed by atoms with Crippen LogP contribution in [0.15, 0.2) is 122 Å². The smallest absolute Gasteiger partial charge is 0.410 e. The first-order valence-electron chi connectivity index (χ1n) is 36.1. The maximum atomic E-state index is 12.4.